The Balaban J connectivity index is 2.58. The normalized spacial score (nSPS) is 12.3. The highest BCUT2D eigenvalue weighted by molar-refractivity contribution is 5.38. The molecule has 1 N–H and O–H groups in total. The summed E-state index contributed by atoms with van der Waals surface area (Å²) < 4.78 is 5.89. The number of hydrogen-bond acceptors (Lipinski definition) is 2. The van der Waals surface area contributed by atoms with Gasteiger partial charge in [-0.2, -0.15) is 0 Å². The largest absolute Gasteiger partial charge is 0.489 e. The minimum atomic E-state index is 0.104. The average molecular weight is 289 g/mol. The van der Waals surface area contributed by atoms with Gasteiger partial charge in [0, 0.05) is 12.1 Å². The molecule has 0 aliphatic heterocycles. The average Bonchev–Trinajstić information content (AvgIpc) is 2.32. The van der Waals surface area contributed by atoms with Gasteiger partial charge in [0.2, 0.25) is 0 Å². The first-order valence-corrected chi connectivity index (χ1v) is 7.65. The van der Waals surface area contributed by atoms with Crippen molar-refractivity contribution in [2.24, 2.45) is 0 Å². The summed E-state index contributed by atoms with van der Waals surface area (Å²) in [7, 11) is 0. The molecule has 0 aliphatic rings. The predicted octanol–water partition coefficient (Wildman–Crippen LogP) is 4.62. The maximum absolute atomic E-state index is 5.89. The Hall–Kier alpha value is -1.28. The Morgan fingerprint density at radius 2 is 1.76 bits per heavy atom. The van der Waals surface area contributed by atoms with E-state index in [4.69, 9.17) is 4.74 Å². The van der Waals surface area contributed by atoms with E-state index in [9.17, 15) is 0 Å². The lowest BCUT2D eigenvalue weighted by atomic mass is 9.86. The van der Waals surface area contributed by atoms with Crippen LogP contribution in [0.4, 0.5) is 0 Å². The summed E-state index contributed by atoms with van der Waals surface area (Å²) in [6.07, 6.45) is 0. The number of hydrogen-bond donors (Lipinski definition) is 1. The van der Waals surface area contributed by atoms with E-state index >= 15 is 0 Å². The van der Waals surface area contributed by atoms with Gasteiger partial charge in [0.1, 0.15) is 12.4 Å². The summed E-state index contributed by atoms with van der Waals surface area (Å²) in [4.78, 5) is 0. The summed E-state index contributed by atoms with van der Waals surface area (Å²) in [6, 6.07) is 6.43. The molecule has 1 aromatic rings. The lowest BCUT2D eigenvalue weighted by Crippen LogP contribution is -2.37. The van der Waals surface area contributed by atoms with Gasteiger partial charge in [0.15, 0.2) is 0 Å². The van der Waals surface area contributed by atoms with Gasteiger partial charge in [-0.1, -0.05) is 39.5 Å². The zero-order valence-electron chi connectivity index (χ0n) is 14.8. The van der Waals surface area contributed by atoms with Gasteiger partial charge in [-0.15, -0.1) is 0 Å². The summed E-state index contributed by atoms with van der Waals surface area (Å²) in [5.41, 5.74) is 3.85. The van der Waals surface area contributed by atoms with Gasteiger partial charge in [-0.3, -0.25) is 0 Å². The zero-order chi connectivity index (χ0) is 16.3. The first-order valence-electron chi connectivity index (χ1n) is 7.65. The highest BCUT2D eigenvalue weighted by atomic mass is 16.5. The minimum absolute atomic E-state index is 0.104. The van der Waals surface area contributed by atoms with Gasteiger partial charge in [0.05, 0.1) is 0 Å². The molecule has 0 amide bonds. The molecule has 0 spiro atoms. The van der Waals surface area contributed by atoms with Gasteiger partial charge in [-0.25, -0.2) is 0 Å². The fourth-order valence-electron chi connectivity index (χ4n) is 1.90. The van der Waals surface area contributed by atoms with Crippen LogP contribution in [0.2, 0.25) is 0 Å². The fourth-order valence-corrected chi connectivity index (χ4v) is 1.90. The molecule has 1 aromatic carbocycles. The van der Waals surface area contributed by atoms with Crippen molar-refractivity contribution in [3.8, 4) is 5.75 Å². The number of rotatable bonds is 5. The topological polar surface area (TPSA) is 21.3 Å². The van der Waals surface area contributed by atoms with Crippen molar-refractivity contribution in [2.75, 3.05) is 13.2 Å². The molecule has 0 atom stereocenters. The second-order valence-electron chi connectivity index (χ2n) is 7.87. The number of ether oxygens (including phenoxy) is 1. The standard InChI is InChI=1S/C19H31NO/c1-14(12-20-19(6,7)8)13-21-17-10-9-16(11-15(17)2)18(3,4)5/h9-11,20H,1,12-13H2,2-8H3. The first-order chi connectivity index (χ1) is 9.49. The molecule has 0 saturated heterocycles. The molecule has 2 heteroatoms. The van der Waals surface area contributed by atoms with Crippen molar-refractivity contribution in [3.05, 3.63) is 41.5 Å². The maximum atomic E-state index is 5.89. The van der Waals surface area contributed by atoms with Crippen molar-refractivity contribution in [1.82, 2.24) is 5.32 Å². The quantitative estimate of drug-likeness (QED) is 0.799. The van der Waals surface area contributed by atoms with Crippen molar-refractivity contribution in [1.29, 1.82) is 0 Å². The van der Waals surface area contributed by atoms with E-state index in [0.29, 0.717) is 6.61 Å². The molecule has 1 rings (SSSR count). The molecule has 21 heavy (non-hydrogen) atoms. The van der Waals surface area contributed by atoms with Crippen LogP contribution in [-0.4, -0.2) is 18.7 Å². The van der Waals surface area contributed by atoms with Gasteiger partial charge < -0.3 is 10.1 Å². The Morgan fingerprint density at radius 3 is 2.24 bits per heavy atom. The van der Waals surface area contributed by atoms with Gasteiger partial charge in [-0.05, 0) is 55.9 Å². The molecule has 0 aromatic heterocycles. The number of nitrogens with one attached hydrogen (secondary N) is 1. The van der Waals surface area contributed by atoms with E-state index in [1.54, 1.807) is 0 Å². The Morgan fingerprint density at radius 1 is 1.14 bits per heavy atom. The molecule has 0 aliphatic carbocycles. The van der Waals surface area contributed by atoms with Crippen LogP contribution in [0.25, 0.3) is 0 Å². The second-order valence-corrected chi connectivity index (χ2v) is 7.87. The Bertz CT molecular complexity index is 489. The van der Waals surface area contributed by atoms with Crippen molar-refractivity contribution in [3.63, 3.8) is 0 Å². The SMILES string of the molecule is C=C(CNC(C)(C)C)COc1ccc(C(C)(C)C)cc1C. The third-order valence-corrected chi connectivity index (χ3v) is 3.34. The first kappa shape index (κ1) is 17.8. The molecule has 0 fully saturated rings. The lowest BCUT2D eigenvalue weighted by Gasteiger charge is -2.22. The molecular weight excluding hydrogens is 258 g/mol. The minimum Gasteiger partial charge on any atom is -0.489 e. The maximum Gasteiger partial charge on any atom is 0.122 e. The lowest BCUT2D eigenvalue weighted by molar-refractivity contribution is 0.339. The van der Waals surface area contributed by atoms with Crippen molar-refractivity contribution < 1.29 is 4.74 Å². The van der Waals surface area contributed by atoms with E-state index in [0.717, 1.165) is 17.9 Å². The molecule has 2 nitrogen and oxygen atoms in total. The van der Waals surface area contributed by atoms with Crippen LogP contribution in [-0.2, 0) is 5.41 Å². The number of benzene rings is 1. The smallest absolute Gasteiger partial charge is 0.122 e. The molecule has 118 valence electrons. The van der Waals surface area contributed by atoms with Crippen LogP contribution < -0.4 is 10.1 Å². The molecular formula is C19H31NO. The van der Waals surface area contributed by atoms with Crippen LogP contribution in [0.1, 0.15) is 52.7 Å². The second kappa shape index (κ2) is 6.65. The van der Waals surface area contributed by atoms with Gasteiger partial charge >= 0.3 is 0 Å². The van der Waals surface area contributed by atoms with E-state index in [1.807, 2.05) is 0 Å². The summed E-state index contributed by atoms with van der Waals surface area (Å²) >= 11 is 0. The third-order valence-electron chi connectivity index (χ3n) is 3.34. The van der Waals surface area contributed by atoms with Crippen LogP contribution in [0.15, 0.2) is 30.4 Å². The highest BCUT2D eigenvalue weighted by Gasteiger charge is 2.15. The summed E-state index contributed by atoms with van der Waals surface area (Å²) in [6.45, 7) is 20.6. The Kier molecular flexibility index (Phi) is 5.63. The predicted molar refractivity (Wildman–Crippen MR) is 92.3 cm³/mol. The van der Waals surface area contributed by atoms with E-state index < -0.39 is 0 Å². The molecule has 0 heterocycles. The van der Waals surface area contributed by atoms with Crippen molar-refractivity contribution >= 4 is 0 Å². The van der Waals surface area contributed by atoms with Crippen LogP contribution >= 0.6 is 0 Å². The Labute approximate surface area is 130 Å². The molecule has 0 radical (unpaired) electrons. The third kappa shape index (κ3) is 6.34. The fraction of sp³-hybridized carbons (Fsp3) is 0.579. The van der Waals surface area contributed by atoms with Crippen LogP contribution in [0.5, 0.6) is 5.75 Å². The number of aryl methyl sites for hydroxylation is 1. The summed E-state index contributed by atoms with van der Waals surface area (Å²) in [5, 5.41) is 3.42. The van der Waals surface area contributed by atoms with Crippen LogP contribution in [0.3, 0.4) is 0 Å². The van der Waals surface area contributed by atoms with E-state index in [2.05, 4.69) is 78.6 Å². The molecule has 0 saturated carbocycles. The van der Waals surface area contributed by atoms with E-state index in [-0.39, 0.29) is 11.0 Å². The molecule has 0 bridgehead atoms. The van der Waals surface area contributed by atoms with E-state index in [1.165, 1.54) is 11.1 Å². The monoisotopic (exact) mass is 289 g/mol. The molecule has 0 unspecified atom stereocenters. The highest BCUT2D eigenvalue weighted by Crippen LogP contribution is 2.27. The summed E-state index contributed by atoms with van der Waals surface area (Å²) in [5.74, 6) is 0.944. The van der Waals surface area contributed by atoms with Gasteiger partial charge in [0.25, 0.3) is 0 Å². The zero-order valence-corrected chi connectivity index (χ0v) is 14.8. The van der Waals surface area contributed by atoms with Crippen molar-refractivity contribution in [2.45, 2.75) is 59.4 Å². The van der Waals surface area contributed by atoms with Crippen LogP contribution in [0, 0.1) is 6.92 Å².